The van der Waals surface area contributed by atoms with Crippen molar-refractivity contribution in [3.8, 4) is 0 Å². The highest BCUT2D eigenvalue weighted by atomic mass is 35.5. The summed E-state index contributed by atoms with van der Waals surface area (Å²) < 4.78 is 5.23. The van der Waals surface area contributed by atoms with E-state index in [1.165, 1.54) is 0 Å². The van der Waals surface area contributed by atoms with Gasteiger partial charge in [-0.2, -0.15) is 0 Å². The molecule has 1 atom stereocenters. The van der Waals surface area contributed by atoms with Crippen molar-refractivity contribution < 1.29 is 9.53 Å². The highest BCUT2D eigenvalue weighted by Gasteiger charge is 2.26. The van der Waals surface area contributed by atoms with Crippen LogP contribution in [0, 0.1) is 0 Å². The molecule has 0 spiro atoms. The molecule has 0 aromatic heterocycles. The maximum atomic E-state index is 12.4. The van der Waals surface area contributed by atoms with Crippen LogP contribution in [-0.2, 0) is 16.1 Å². The quantitative estimate of drug-likeness (QED) is 0.752. The molecule has 0 aliphatic rings. The Bertz CT molecular complexity index is 598. The minimum atomic E-state index is -0.447. The van der Waals surface area contributed by atoms with Gasteiger partial charge in [0.2, 0.25) is 0 Å². The van der Waals surface area contributed by atoms with Crippen LogP contribution in [0.3, 0.4) is 0 Å². The topological polar surface area (TPSA) is 29.5 Å². The van der Waals surface area contributed by atoms with Gasteiger partial charge >= 0.3 is 5.97 Å². The molecule has 3 nitrogen and oxygen atoms in total. The van der Waals surface area contributed by atoms with E-state index in [0.717, 1.165) is 11.1 Å². The second kappa shape index (κ2) is 7.97. The van der Waals surface area contributed by atoms with Crippen LogP contribution in [0.4, 0.5) is 0 Å². The summed E-state index contributed by atoms with van der Waals surface area (Å²) in [5.74, 6) is -0.247. The van der Waals surface area contributed by atoms with Crippen molar-refractivity contribution in [2.24, 2.45) is 0 Å². The molecule has 4 heteroatoms. The Labute approximate surface area is 136 Å². The van der Waals surface area contributed by atoms with Gasteiger partial charge in [0.25, 0.3) is 0 Å². The maximum Gasteiger partial charge on any atom is 0.327 e. The van der Waals surface area contributed by atoms with E-state index >= 15 is 0 Å². The summed E-state index contributed by atoms with van der Waals surface area (Å²) in [4.78, 5) is 14.3. The second-order valence-corrected chi connectivity index (χ2v) is 5.54. The lowest BCUT2D eigenvalue weighted by molar-refractivity contribution is -0.149. The number of hydrogen-bond acceptors (Lipinski definition) is 3. The van der Waals surface area contributed by atoms with E-state index in [2.05, 4.69) is 0 Å². The predicted octanol–water partition coefficient (Wildman–Crippen LogP) is 4.08. The van der Waals surface area contributed by atoms with Crippen LogP contribution >= 0.6 is 11.6 Å². The first-order chi connectivity index (χ1) is 10.6. The van der Waals surface area contributed by atoms with Crippen LogP contribution in [-0.4, -0.2) is 24.5 Å². The molecule has 0 saturated heterocycles. The van der Waals surface area contributed by atoms with E-state index in [-0.39, 0.29) is 5.97 Å². The summed E-state index contributed by atoms with van der Waals surface area (Å²) in [5.41, 5.74) is 2.02. The zero-order valence-corrected chi connectivity index (χ0v) is 13.6. The Morgan fingerprint density at radius 1 is 1.14 bits per heavy atom. The number of nitrogens with zero attached hydrogens (tertiary/aromatic N) is 1. The van der Waals surface area contributed by atoms with Gasteiger partial charge in [-0.05, 0) is 37.2 Å². The fourth-order valence-electron chi connectivity index (χ4n) is 2.40. The molecule has 0 aliphatic carbocycles. The van der Waals surface area contributed by atoms with Gasteiger partial charge in [-0.1, -0.05) is 54.1 Å². The van der Waals surface area contributed by atoms with Crippen molar-refractivity contribution in [2.45, 2.75) is 19.5 Å². The van der Waals surface area contributed by atoms with Crippen LogP contribution in [0.15, 0.2) is 54.6 Å². The predicted molar refractivity (Wildman–Crippen MR) is 88.7 cm³/mol. The number of benzene rings is 2. The smallest absolute Gasteiger partial charge is 0.327 e. The van der Waals surface area contributed by atoms with E-state index in [4.69, 9.17) is 16.3 Å². The minimum absolute atomic E-state index is 0.247. The maximum absolute atomic E-state index is 12.4. The summed E-state index contributed by atoms with van der Waals surface area (Å²) in [7, 11) is 1.92. The van der Waals surface area contributed by atoms with E-state index in [0.29, 0.717) is 18.2 Å². The molecule has 0 fully saturated rings. The molecule has 0 bridgehead atoms. The average molecular weight is 318 g/mol. The Kier molecular flexibility index (Phi) is 5.99. The van der Waals surface area contributed by atoms with Gasteiger partial charge in [-0.3, -0.25) is 4.90 Å². The number of rotatable bonds is 6. The first kappa shape index (κ1) is 16.5. The summed E-state index contributed by atoms with van der Waals surface area (Å²) in [5, 5.41) is 0.650. The fourth-order valence-corrected chi connectivity index (χ4v) is 2.53. The Morgan fingerprint density at radius 2 is 1.77 bits per heavy atom. The fraction of sp³-hybridized carbons (Fsp3) is 0.278. The van der Waals surface area contributed by atoms with Crippen molar-refractivity contribution in [3.63, 3.8) is 0 Å². The van der Waals surface area contributed by atoms with Gasteiger partial charge in [0.15, 0.2) is 0 Å². The van der Waals surface area contributed by atoms with E-state index in [1.54, 1.807) is 12.1 Å². The van der Waals surface area contributed by atoms with Crippen molar-refractivity contribution >= 4 is 17.6 Å². The highest BCUT2D eigenvalue weighted by molar-refractivity contribution is 6.30. The number of carbonyl (C=O) groups is 1. The molecule has 2 aromatic carbocycles. The molecule has 0 heterocycles. The van der Waals surface area contributed by atoms with Crippen molar-refractivity contribution in [1.82, 2.24) is 4.90 Å². The van der Waals surface area contributed by atoms with E-state index in [1.807, 2.05) is 61.3 Å². The molecular formula is C18H20ClNO2. The molecule has 2 rings (SSSR count). The molecular weight excluding hydrogens is 298 g/mol. The summed E-state index contributed by atoms with van der Waals surface area (Å²) in [6.07, 6.45) is 0. The third-order valence-corrected chi connectivity index (χ3v) is 3.66. The highest BCUT2D eigenvalue weighted by Crippen LogP contribution is 2.24. The van der Waals surface area contributed by atoms with Crippen LogP contribution in [0.2, 0.25) is 5.02 Å². The monoisotopic (exact) mass is 317 g/mol. The number of ether oxygens (including phenoxy) is 1. The lowest BCUT2D eigenvalue weighted by Crippen LogP contribution is -2.32. The summed E-state index contributed by atoms with van der Waals surface area (Å²) in [6.45, 7) is 2.84. The Morgan fingerprint density at radius 3 is 2.36 bits per heavy atom. The first-order valence-electron chi connectivity index (χ1n) is 7.28. The normalized spacial score (nSPS) is 12.2. The molecule has 0 saturated carbocycles. The molecule has 22 heavy (non-hydrogen) atoms. The first-order valence-corrected chi connectivity index (χ1v) is 7.66. The number of carbonyl (C=O) groups excluding carboxylic acids is 1. The zero-order valence-electron chi connectivity index (χ0n) is 12.8. The standard InChI is InChI=1S/C18H20ClNO2/c1-3-22-18(21)17(15-9-11-16(19)12-10-15)20(2)13-14-7-5-4-6-8-14/h4-12,17H,3,13H2,1-2H3/t17-/m0/s1. The zero-order chi connectivity index (χ0) is 15.9. The number of likely N-dealkylation sites (N-methyl/N-ethyl adjacent to an activating group) is 1. The molecule has 0 N–H and O–H groups in total. The third-order valence-electron chi connectivity index (χ3n) is 3.41. The van der Waals surface area contributed by atoms with Crippen molar-refractivity contribution in [2.75, 3.05) is 13.7 Å². The largest absolute Gasteiger partial charge is 0.465 e. The molecule has 0 unspecified atom stereocenters. The van der Waals surface area contributed by atoms with Crippen LogP contribution in [0.25, 0.3) is 0 Å². The molecule has 116 valence electrons. The van der Waals surface area contributed by atoms with Gasteiger partial charge < -0.3 is 4.74 Å². The lowest BCUT2D eigenvalue weighted by atomic mass is 10.0. The Hall–Kier alpha value is -1.84. The minimum Gasteiger partial charge on any atom is -0.465 e. The number of esters is 1. The third kappa shape index (κ3) is 4.33. The number of hydrogen-bond donors (Lipinski definition) is 0. The van der Waals surface area contributed by atoms with E-state index in [9.17, 15) is 4.79 Å². The summed E-state index contributed by atoms with van der Waals surface area (Å²) >= 11 is 5.94. The lowest BCUT2D eigenvalue weighted by Gasteiger charge is -2.26. The van der Waals surface area contributed by atoms with Crippen LogP contribution in [0.5, 0.6) is 0 Å². The molecule has 0 radical (unpaired) electrons. The second-order valence-electron chi connectivity index (χ2n) is 5.11. The van der Waals surface area contributed by atoms with Crippen LogP contribution in [0.1, 0.15) is 24.1 Å². The van der Waals surface area contributed by atoms with Crippen molar-refractivity contribution in [3.05, 3.63) is 70.7 Å². The number of halogens is 1. The van der Waals surface area contributed by atoms with Gasteiger partial charge in [0.1, 0.15) is 6.04 Å². The average Bonchev–Trinajstić information content (AvgIpc) is 2.51. The molecule has 0 amide bonds. The summed E-state index contributed by atoms with van der Waals surface area (Å²) in [6, 6.07) is 16.9. The molecule has 0 aliphatic heterocycles. The van der Waals surface area contributed by atoms with Crippen LogP contribution < -0.4 is 0 Å². The molecule has 2 aromatic rings. The SMILES string of the molecule is CCOC(=O)[C@H](c1ccc(Cl)cc1)N(C)Cc1ccccc1. The Balaban J connectivity index is 2.23. The van der Waals surface area contributed by atoms with Crippen molar-refractivity contribution in [1.29, 1.82) is 0 Å². The van der Waals surface area contributed by atoms with Gasteiger partial charge in [0, 0.05) is 11.6 Å². The van der Waals surface area contributed by atoms with Gasteiger partial charge in [-0.15, -0.1) is 0 Å². The van der Waals surface area contributed by atoms with Gasteiger partial charge in [0.05, 0.1) is 6.61 Å². The van der Waals surface area contributed by atoms with E-state index < -0.39 is 6.04 Å². The van der Waals surface area contributed by atoms with Gasteiger partial charge in [-0.25, -0.2) is 4.79 Å².